The van der Waals surface area contributed by atoms with Gasteiger partial charge >= 0.3 is 0 Å². The van der Waals surface area contributed by atoms with Crippen LogP contribution in [0.3, 0.4) is 0 Å². The summed E-state index contributed by atoms with van der Waals surface area (Å²) in [5.74, 6) is 0.638. The van der Waals surface area contributed by atoms with Crippen LogP contribution in [0.2, 0.25) is 0 Å². The molecule has 0 bridgehead atoms. The maximum Gasteiger partial charge on any atom is 0.240 e. The predicted molar refractivity (Wildman–Crippen MR) is 115 cm³/mol. The summed E-state index contributed by atoms with van der Waals surface area (Å²) in [6, 6.07) is 6.38. The Bertz CT molecular complexity index is 587. The van der Waals surface area contributed by atoms with E-state index in [1.165, 1.54) is 57.8 Å². The molecule has 0 unspecified atom stereocenters. The number of unbranched alkanes of at least 4 members (excludes halogenated alkanes) is 9. The summed E-state index contributed by atoms with van der Waals surface area (Å²) in [6.07, 6.45) is 13.8. The zero-order chi connectivity index (χ0) is 20.5. The van der Waals surface area contributed by atoms with Crippen LogP contribution < -0.4 is 9.46 Å². The molecule has 1 aromatic carbocycles. The fraction of sp³-hybridized carbons (Fsp3) is 0.727. The number of rotatable bonds is 18. The quantitative estimate of drug-likeness (QED) is 0.332. The van der Waals surface area contributed by atoms with Gasteiger partial charge in [-0.05, 0) is 37.1 Å². The topological polar surface area (TPSA) is 64.6 Å². The van der Waals surface area contributed by atoms with E-state index >= 15 is 0 Å². The van der Waals surface area contributed by atoms with Crippen molar-refractivity contribution in [3.05, 3.63) is 24.3 Å². The standard InChI is InChI=1S/C22H39NO4S/c1-3-4-5-6-7-8-9-10-11-12-19-27-20-13-18-23-28(24,25)22-16-14-21(26-2)15-17-22/h14-17,23H,3-13,18-20H2,1-2H3. The van der Waals surface area contributed by atoms with Crippen molar-refractivity contribution in [2.45, 2.75) is 82.4 Å². The van der Waals surface area contributed by atoms with Crippen molar-refractivity contribution < 1.29 is 17.9 Å². The van der Waals surface area contributed by atoms with Crippen molar-refractivity contribution in [1.29, 1.82) is 0 Å². The van der Waals surface area contributed by atoms with E-state index in [0.29, 0.717) is 25.3 Å². The smallest absolute Gasteiger partial charge is 0.240 e. The van der Waals surface area contributed by atoms with Gasteiger partial charge in [0.1, 0.15) is 5.75 Å². The van der Waals surface area contributed by atoms with Gasteiger partial charge < -0.3 is 9.47 Å². The van der Waals surface area contributed by atoms with Crippen LogP contribution >= 0.6 is 0 Å². The molecule has 1 rings (SSSR count). The molecule has 6 heteroatoms. The van der Waals surface area contributed by atoms with Gasteiger partial charge in [-0.2, -0.15) is 0 Å². The van der Waals surface area contributed by atoms with Gasteiger partial charge in [-0.15, -0.1) is 0 Å². The van der Waals surface area contributed by atoms with Crippen molar-refractivity contribution in [3.63, 3.8) is 0 Å². The molecular weight excluding hydrogens is 374 g/mol. The normalized spacial score (nSPS) is 11.6. The number of benzene rings is 1. The van der Waals surface area contributed by atoms with Gasteiger partial charge in [-0.1, -0.05) is 64.7 Å². The largest absolute Gasteiger partial charge is 0.497 e. The number of methoxy groups -OCH3 is 1. The van der Waals surface area contributed by atoms with Crippen molar-refractivity contribution in [2.75, 3.05) is 26.9 Å². The fourth-order valence-electron chi connectivity index (χ4n) is 3.01. The Morgan fingerprint density at radius 3 is 1.89 bits per heavy atom. The number of nitrogens with one attached hydrogen (secondary N) is 1. The number of hydrogen-bond acceptors (Lipinski definition) is 4. The van der Waals surface area contributed by atoms with E-state index in [4.69, 9.17) is 9.47 Å². The van der Waals surface area contributed by atoms with Crippen molar-refractivity contribution >= 4 is 10.0 Å². The molecule has 0 aliphatic carbocycles. The molecule has 0 amide bonds. The van der Waals surface area contributed by atoms with Gasteiger partial charge in [-0.25, -0.2) is 13.1 Å². The molecule has 0 saturated carbocycles. The average Bonchev–Trinajstić information content (AvgIpc) is 2.71. The zero-order valence-electron chi connectivity index (χ0n) is 17.8. The maximum absolute atomic E-state index is 12.2. The van der Waals surface area contributed by atoms with Crippen LogP contribution in [0.1, 0.15) is 77.6 Å². The van der Waals surface area contributed by atoms with Gasteiger partial charge in [0.05, 0.1) is 12.0 Å². The van der Waals surface area contributed by atoms with Crippen molar-refractivity contribution in [3.8, 4) is 5.75 Å². The first-order valence-electron chi connectivity index (χ1n) is 10.8. The molecule has 0 fully saturated rings. The van der Waals surface area contributed by atoms with E-state index in [0.717, 1.165) is 13.0 Å². The Kier molecular flexibility index (Phi) is 14.0. The lowest BCUT2D eigenvalue weighted by Gasteiger charge is -2.08. The minimum absolute atomic E-state index is 0.250. The Hall–Kier alpha value is -1.11. The molecule has 0 spiro atoms. The zero-order valence-corrected chi connectivity index (χ0v) is 18.6. The summed E-state index contributed by atoms with van der Waals surface area (Å²) in [5.41, 5.74) is 0. The van der Waals surface area contributed by atoms with Crippen molar-refractivity contribution in [2.24, 2.45) is 0 Å². The average molecular weight is 414 g/mol. The predicted octanol–water partition coefficient (Wildman–Crippen LogP) is 5.30. The molecule has 0 atom stereocenters. The molecule has 0 heterocycles. The summed E-state index contributed by atoms with van der Waals surface area (Å²) in [6.45, 7) is 3.99. The van der Waals surface area contributed by atoms with Gasteiger partial charge in [0.15, 0.2) is 0 Å². The minimum atomic E-state index is -3.46. The summed E-state index contributed by atoms with van der Waals surface area (Å²) < 4.78 is 37.6. The van der Waals surface area contributed by atoms with Gasteiger partial charge in [0, 0.05) is 19.8 Å². The van der Waals surface area contributed by atoms with Crippen LogP contribution in [0.25, 0.3) is 0 Å². The minimum Gasteiger partial charge on any atom is -0.497 e. The third kappa shape index (κ3) is 11.7. The van der Waals surface area contributed by atoms with Crippen LogP contribution in [-0.2, 0) is 14.8 Å². The van der Waals surface area contributed by atoms with Crippen LogP contribution in [0.4, 0.5) is 0 Å². The second-order valence-electron chi connectivity index (χ2n) is 7.22. The van der Waals surface area contributed by atoms with Gasteiger partial charge in [0.25, 0.3) is 0 Å². The first-order valence-corrected chi connectivity index (χ1v) is 12.3. The van der Waals surface area contributed by atoms with Crippen LogP contribution in [0, 0.1) is 0 Å². The van der Waals surface area contributed by atoms with E-state index in [1.54, 1.807) is 31.4 Å². The third-order valence-electron chi connectivity index (χ3n) is 4.77. The van der Waals surface area contributed by atoms with Crippen LogP contribution in [-0.4, -0.2) is 35.3 Å². The summed E-state index contributed by atoms with van der Waals surface area (Å²) in [7, 11) is -1.91. The Balaban J connectivity index is 1.94. The molecule has 28 heavy (non-hydrogen) atoms. The lowest BCUT2D eigenvalue weighted by molar-refractivity contribution is 0.128. The lowest BCUT2D eigenvalue weighted by atomic mass is 10.1. The summed E-state index contributed by atoms with van der Waals surface area (Å²) in [4.78, 5) is 0.250. The molecule has 0 aromatic heterocycles. The summed E-state index contributed by atoms with van der Waals surface area (Å²) in [5, 5.41) is 0. The summed E-state index contributed by atoms with van der Waals surface area (Å²) >= 11 is 0. The highest BCUT2D eigenvalue weighted by atomic mass is 32.2. The highest BCUT2D eigenvalue weighted by Gasteiger charge is 2.12. The van der Waals surface area contributed by atoms with Gasteiger partial charge in [0.2, 0.25) is 10.0 Å². The first-order chi connectivity index (χ1) is 13.6. The fourth-order valence-corrected chi connectivity index (χ4v) is 4.09. The van der Waals surface area contributed by atoms with Crippen LogP contribution in [0.15, 0.2) is 29.2 Å². The molecule has 5 nitrogen and oxygen atoms in total. The SMILES string of the molecule is CCCCCCCCCCCCOCCCNS(=O)(=O)c1ccc(OC)cc1. The van der Waals surface area contributed by atoms with E-state index < -0.39 is 10.0 Å². The molecule has 162 valence electrons. The molecular formula is C22H39NO4S. The molecule has 0 aliphatic heterocycles. The Morgan fingerprint density at radius 2 is 1.32 bits per heavy atom. The number of hydrogen-bond donors (Lipinski definition) is 1. The maximum atomic E-state index is 12.2. The second-order valence-corrected chi connectivity index (χ2v) is 8.99. The monoisotopic (exact) mass is 413 g/mol. The van der Waals surface area contributed by atoms with E-state index in [2.05, 4.69) is 11.6 Å². The van der Waals surface area contributed by atoms with E-state index in [-0.39, 0.29) is 4.90 Å². The van der Waals surface area contributed by atoms with E-state index in [9.17, 15) is 8.42 Å². The second kappa shape index (κ2) is 15.8. The first kappa shape index (κ1) is 24.9. The Morgan fingerprint density at radius 1 is 0.786 bits per heavy atom. The van der Waals surface area contributed by atoms with Crippen LogP contribution in [0.5, 0.6) is 5.75 Å². The number of sulfonamides is 1. The molecule has 0 saturated heterocycles. The molecule has 1 aromatic rings. The highest BCUT2D eigenvalue weighted by Crippen LogP contribution is 2.15. The highest BCUT2D eigenvalue weighted by molar-refractivity contribution is 7.89. The van der Waals surface area contributed by atoms with Crippen molar-refractivity contribution in [1.82, 2.24) is 4.72 Å². The molecule has 1 N–H and O–H groups in total. The number of ether oxygens (including phenoxy) is 2. The molecule has 0 aliphatic rings. The third-order valence-corrected chi connectivity index (χ3v) is 6.25. The Labute approximate surface area is 172 Å². The van der Waals surface area contributed by atoms with E-state index in [1.807, 2.05) is 0 Å². The van der Waals surface area contributed by atoms with Gasteiger partial charge in [-0.3, -0.25) is 0 Å². The lowest BCUT2D eigenvalue weighted by Crippen LogP contribution is -2.25. The molecule has 0 radical (unpaired) electrons.